The molecule has 0 atom stereocenters. The Morgan fingerprint density at radius 2 is 1.94 bits per heavy atom. The van der Waals surface area contributed by atoms with Crippen molar-refractivity contribution in [2.45, 2.75) is 26.2 Å². The second-order valence-electron chi connectivity index (χ2n) is 4.75. The van der Waals surface area contributed by atoms with Crippen LogP contribution in [0.1, 0.15) is 26.3 Å². The first-order valence-electron chi connectivity index (χ1n) is 6.05. The third kappa shape index (κ3) is 4.22. The Kier molecular flexibility index (Phi) is 5.48. The summed E-state index contributed by atoms with van der Waals surface area (Å²) in [5.74, 6) is 0.719. The number of ether oxygens (including phenoxy) is 1. The van der Waals surface area contributed by atoms with Crippen molar-refractivity contribution < 1.29 is 9.53 Å². The topological polar surface area (TPSA) is 38.3 Å². The summed E-state index contributed by atoms with van der Waals surface area (Å²) < 4.78 is 5.40. The van der Waals surface area contributed by atoms with E-state index in [1.165, 1.54) is 0 Å². The average Bonchev–Trinajstić information content (AvgIpc) is 2.37. The zero-order valence-electron chi connectivity index (χ0n) is 11.1. The van der Waals surface area contributed by atoms with Crippen LogP contribution in [0.3, 0.4) is 0 Å². The van der Waals surface area contributed by atoms with E-state index >= 15 is 0 Å². The summed E-state index contributed by atoms with van der Waals surface area (Å²) in [6, 6.07) is 7.95. The van der Waals surface area contributed by atoms with E-state index in [9.17, 15) is 4.79 Å². The fourth-order valence-corrected chi connectivity index (χ4v) is 1.73. The molecule has 0 aliphatic carbocycles. The van der Waals surface area contributed by atoms with Gasteiger partial charge >= 0.3 is 0 Å². The first-order chi connectivity index (χ1) is 8.49. The Balaban J connectivity index is 2.68. The molecule has 0 saturated carbocycles. The van der Waals surface area contributed by atoms with Crippen LogP contribution in [0.15, 0.2) is 24.3 Å². The largest absolute Gasteiger partial charge is 0.494 e. The lowest BCUT2D eigenvalue weighted by atomic mass is 9.84. The van der Waals surface area contributed by atoms with Crippen molar-refractivity contribution in [1.82, 2.24) is 5.32 Å². The third-order valence-corrected chi connectivity index (χ3v) is 3.04. The minimum absolute atomic E-state index is 0.000637. The highest BCUT2D eigenvalue weighted by molar-refractivity contribution is 6.27. The summed E-state index contributed by atoms with van der Waals surface area (Å²) in [6.45, 7) is 7.34. The minimum atomic E-state index is -0.143. The fourth-order valence-electron chi connectivity index (χ4n) is 1.64. The number of halogens is 1. The van der Waals surface area contributed by atoms with Crippen LogP contribution in [0.4, 0.5) is 0 Å². The molecule has 0 unspecified atom stereocenters. The number of hydrogen-bond donors (Lipinski definition) is 1. The van der Waals surface area contributed by atoms with Crippen LogP contribution >= 0.6 is 11.6 Å². The molecule has 0 aromatic heterocycles. The van der Waals surface area contributed by atoms with Gasteiger partial charge in [0.2, 0.25) is 5.91 Å². The molecule has 0 saturated heterocycles. The van der Waals surface area contributed by atoms with Crippen molar-refractivity contribution in [3.05, 3.63) is 29.8 Å². The zero-order chi connectivity index (χ0) is 13.6. The number of carbonyl (C=O) groups is 1. The molecule has 18 heavy (non-hydrogen) atoms. The Bertz CT molecular complexity index is 387. The van der Waals surface area contributed by atoms with E-state index < -0.39 is 0 Å². The van der Waals surface area contributed by atoms with E-state index in [0.29, 0.717) is 13.2 Å². The van der Waals surface area contributed by atoms with Gasteiger partial charge in [0.25, 0.3) is 0 Å². The average molecular weight is 270 g/mol. The zero-order valence-corrected chi connectivity index (χ0v) is 11.9. The lowest BCUT2D eigenvalue weighted by Crippen LogP contribution is -2.37. The third-order valence-electron chi connectivity index (χ3n) is 2.80. The van der Waals surface area contributed by atoms with Crippen molar-refractivity contribution >= 4 is 17.5 Å². The maximum atomic E-state index is 11.2. The molecule has 100 valence electrons. The van der Waals surface area contributed by atoms with Gasteiger partial charge in [0.1, 0.15) is 11.6 Å². The molecule has 1 rings (SSSR count). The van der Waals surface area contributed by atoms with E-state index in [4.69, 9.17) is 16.3 Å². The maximum absolute atomic E-state index is 11.2. The Morgan fingerprint density at radius 3 is 2.44 bits per heavy atom. The second-order valence-corrected chi connectivity index (χ2v) is 5.02. The van der Waals surface area contributed by atoms with Gasteiger partial charge in [-0.15, -0.1) is 11.6 Å². The van der Waals surface area contributed by atoms with Gasteiger partial charge in [-0.25, -0.2) is 0 Å². The van der Waals surface area contributed by atoms with Crippen LogP contribution in [0.5, 0.6) is 5.75 Å². The fraction of sp³-hybridized carbons (Fsp3) is 0.500. The molecule has 0 heterocycles. The van der Waals surface area contributed by atoms with Gasteiger partial charge < -0.3 is 10.1 Å². The number of nitrogens with one attached hydrogen (secondary N) is 1. The molecular weight excluding hydrogens is 250 g/mol. The van der Waals surface area contributed by atoms with Gasteiger partial charge in [-0.05, 0) is 24.6 Å². The van der Waals surface area contributed by atoms with E-state index in [-0.39, 0.29) is 17.2 Å². The Hall–Kier alpha value is -1.22. The first kappa shape index (κ1) is 14.8. The number of benzene rings is 1. The lowest BCUT2D eigenvalue weighted by molar-refractivity contribution is -0.118. The Labute approximate surface area is 113 Å². The van der Waals surface area contributed by atoms with Crippen LogP contribution < -0.4 is 10.1 Å². The number of rotatable bonds is 6. The monoisotopic (exact) mass is 269 g/mol. The molecule has 1 N–H and O–H groups in total. The van der Waals surface area contributed by atoms with E-state index in [1.807, 2.05) is 31.2 Å². The van der Waals surface area contributed by atoms with Crippen molar-refractivity contribution in [3.8, 4) is 5.75 Å². The summed E-state index contributed by atoms with van der Waals surface area (Å²) in [4.78, 5) is 11.2. The molecule has 0 radical (unpaired) electrons. The van der Waals surface area contributed by atoms with Gasteiger partial charge in [-0.3, -0.25) is 4.79 Å². The molecule has 1 amide bonds. The quantitative estimate of drug-likeness (QED) is 0.807. The molecule has 0 fully saturated rings. The van der Waals surface area contributed by atoms with Crippen LogP contribution in [-0.2, 0) is 10.2 Å². The van der Waals surface area contributed by atoms with Crippen molar-refractivity contribution in [2.75, 3.05) is 19.0 Å². The normalized spacial score (nSPS) is 11.1. The van der Waals surface area contributed by atoms with Crippen molar-refractivity contribution in [2.24, 2.45) is 0 Å². The molecule has 0 bridgehead atoms. The van der Waals surface area contributed by atoms with E-state index in [0.717, 1.165) is 11.3 Å². The molecule has 0 aliphatic rings. The molecule has 4 heteroatoms. The summed E-state index contributed by atoms with van der Waals surface area (Å²) in [7, 11) is 0. The summed E-state index contributed by atoms with van der Waals surface area (Å²) in [6.07, 6.45) is 0. The summed E-state index contributed by atoms with van der Waals surface area (Å²) in [5, 5.41) is 2.81. The van der Waals surface area contributed by atoms with E-state index in [2.05, 4.69) is 19.2 Å². The highest BCUT2D eigenvalue weighted by Gasteiger charge is 2.21. The standard InChI is InChI=1S/C14H20ClNO2/c1-4-18-12-7-5-11(6-8-12)14(2,3)10-16-13(17)9-15/h5-8H,4,9-10H2,1-3H3,(H,16,17). The summed E-state index contributed by atoms with van der Waals surface area (Å²) in [5.41, 5.74) is 1.02. The Morgan fingerprint density at radius 1 is 1.33 bits per heavy atom. The van der Waals surface area contributed by atoms with Gasteiger partial charge in [0.15, 0.2) is 0 Å². The predicted octanol–water partition coefficient (Wildman–Crippen LogP) is 2.72. The van der Waals surface area contributed by atoms with Gasteiger partial charge in [-0.2, -0.15) is 0 Å². The van der Waals surface area contributed by atoms with Crippen LogP contribution in [0, 0.1) is 0 Å². The SMILES string of the molecule is CCOc1ccc(C(C)(C)CNC(=O)CCl)cc1. The minimum Gasteiger partial charge on any atom is -0.494 e. The smallest absolute Gasteiger partial charge is 0.234 e. The molecule has 0 spiro atoms. The number of carbonyl (C=O) groups excluding carboxylic acids is 1. The lowest BCUT2D eigenvalue weighted by Gasteiger charge is -2.25. The number of hydrogen-bond acceptors (Lipinski definition) is 2. The molecule has 1 aromatic carbocycles. The molecule has 0 aliphatic heterocycles. The summed E-state index contributed by atoms with van der Waals surface area (Å²) >= 11 is 5.45. The maximum Gasteiger partial charge on any atom is 0.234 e. The number of alkyl halides is 1. The molecular formula is C14H20ClNO2. The van der Waals surface area contributed by atoms with Gasteiger partial charge in [-0.1, -0.05) is 26.0 Å². The molecule has 1 aromatic rings. The highest BCUT2D eigenvalue weighted by atomic mass is 35.5. The van der Waals surface area contributed by atoms with Crippen LogP contribution in [-0.4, -0.2) is 24.9 Å². The van der Waals surface area contributed by atoms with Gasteiger partial charge in [0.05, 0.1) is 6.61 Å². The van der Waals surface area contributed by atoms with Crippen molar-refractivity contribution in [3.63, 3.8) is 0 Å². The molecule has 3 nitrogen and oxygen atoms in total. The highest BCUT2D eigenvalue weighted by Crippen LogP contribution is 2.24. The number of amides is 1. The van der Waals surface area contributed by atoms with Crippen molar-refractivity contribution in [1.29, 1.82) is 0 Å². The van der Waals surface area contributed by atoms with E-state index in [1.54, 1.807) is 0 Å². The predicted molar refractivity (Wildman–Crippen MR) is 74.4 cm³/mol. The van der Waals surface area contributed by atoms with Gasteiger partial charge in [0, 0.05) is 12.0 Å². The van der Waals surface area contributed by atoms with Crippen LogP contribution in [0.2, 0.25) is 0 Å². The second kappa shape index (κ2) is 6.64. The van der Waals surface area contributed by atoms with Crippen LogP contribution in [0.25, 0.3) is 0 Å². The first-order valence-corrected chi connectivity index (χ1v) is 6.59.